The van der Waals surface area contributed by atoms with E-state index in [4.69, 9.17) is 11.6 Å². The van der Waals surface area contributed by atoms with E-state index in [1.54, 1.807) is 37.3 Å². The molecule has 0 fully saturated rings. The predicted molar refractivity (Wildman–Crippen MR) is 94.7 cm³/mol. The van der Waals surface area contributed by atoms with Crippen LogP contribution in [0.4, 0.5) is 0 Å². The number of aryl methyl sites for hydroxylation is 1. The minimum Gasteiger partial charge on any atom is -0.352 e. The lowest BCUT2D eigenvalue weighted by molar-refractivity contribution is 0.0955. The van der Waals surface area contributed by atoms with E-state index in [0.29, 0.717) is 17.1 Å². The molecule has 2 aromatic carbocycles. The summed E-state index contributed by atoms with van der Waals surface area (Å²) < 4.78 is 27.4. The summed E-state index contributed by atoms with van der Waals surface area (Å²) in [5.41, 5.74) is 1.86. The fraction of sp³-hybridized carbons (Fsp3) is 0.235. The Balaban J connectivity index is 2.21. The summed E-state index contributed by atoms with van der Waals surface area (Å²) in [6.07, 6.45) is 0. The lowest BCUT2D eigenvalue weighted by Crippen LogP contribution is -2.26. The SMILES string of the molecule is CCNC(=O)c1cc(S(=O)(=O)NCc2ccc(Cl)cc2)ccc1C. The van der Waals surface area contributed by atoms with E-state index in [1.165, 1.54) is 12.1 Å². The van der Waals surface area contributed by atoms with E-state index in [-0.39, 0.29) is 17.3 Å². The van der Waals surface area contributed by atoms with Gasteiger partial charge in [-0.15, -0.1) is 0 Å². The molecule has 5 nitrogen and oxygen atoms in total. The van der Waals surface area contributed by atoms with Crippen molar-refractivity contribution in [2.24, 2.45) is 0 Å². The van der Waals surface area contributed by atoms with Crippen LogP contribution in [0.2, 0.25) is 5.02 Å². The van der Waals surface area contributed by atoms with Gasteiger partial charge in [0, 0.05) is 23.7 Å². The molecule has 128 valence electrons. The summed E-state index contributed by atoms with van der Waals surface area (Å²) in [4.78, 5) is 12.1. The van der Waals surface area contributed by atoms with Crippen LogP contribution in [0.1, 0.15) is 28.4 Å². The maximum atomic E-state index is 12.4. The van der Waals surface area contributed by atoms with Crippen LogP contribution in [0.3, 0.4) is 0 Å². The number of sulfonamides is 1. The minimum absolute atomic E-state index is 0.0586. The van der Waals surface area contributed by atoms with E-state index >= 15 is 0 Å². The van der Waals surface area contributed by atoms with Crippen molar-refractivity contribution >= 4 is 27.5 Å². The van der Waals surface area contributed by atoms with E-state index in [1.807, 2.05) is 6.92 Å². The maximum Gasteiger partial charge on any atom is 0.251 e. The molecular formula is C17H19ClN2O3S. The molecule has 2 N–H and O–H groups in total. The summed E-state index contributed by atoms with van der Waals surface area (Å²) in [7, 11) is -3.72. The summed E-state index contributed by atoms with van der Waals surface area (Å²) >= 11 is 5.81. The number of carbonyl (C=O) groups is 1. The van der Waals surface area contributed by atoms with Gasteiger partial charge in [-0.05, 0) is 49.2 Å². The second kappa shape index (κ2) is 7.79. The Morgan fingerprint density at radius 1 is 1.12 bits per heavy atom. The van der Waals surface area contributed by atoms with Gasteiger partial charge in [-0.25, -0.2) is 13.1 Å². The van der Waals surface area contributed by atoms with Crippen molar-refractivity contribution < 1.29 is 13.2 Å². The highest BCUT2D eigenvalue weighted by Crippen LogP contribution is 2.16. The van der Waals surface area contributed by atoms with Gasteiger partial charge in [-0.1, -0.05) is 29.8 Å². The number of nitrogens with one attached hydrogen (secondary N) is 2. The van der Waals surface area contributed by atoms with Crippen molar-refractivity contribution in [1.82, 2.24) is 10.0 Å². The highest BCUT2D eigenvalue weighted by Gasteiger charge is 2.17. The lowest BCUT2D eigenvalue weighted by Gasteiger charge is -2.11. The van der Waals surface area contributed by atoms with E-state index in [0.717, 1.165) is 11.1 Å². The Labute approximate surface area is 147 Å². The van der Waals surface area contributed by atoms with Crippen LogP contribution < -0.4 is 10.0 Å². The first-order valence-corrected chi connectivity index (χ1v) is 9.32. The average Bonchev–Trinajstić information content (AvgIpc) is 2.55. The Morgan fingerprint density at radius 3 is 2.42 bits per heavy atom. The smallest absolute Gasteiger partial charge is 0.251 e. The zero-order chi connectivity index (χ0) is 17.7. The van der Waals surface area contributed by atoms with Crippen LogP contribution in [0.15, 0.2) is 47.4 Å². The molecule has 0 saturated carbocycles. The fourth-order valence-electron chi connectivity index (χ4n) is 2.13. The molecule has 0 aromatic heterocycles. The molecule has 0 atom stereocenters. The second-order valence-electron chi connectivity index (χ2n) is 5.29. The molecule has 0 heterocycles. The molecule has 2 aromatic rings. The van der Waals surface area contributed by atoms with Crippen molar-refractivity contribution in [3.05, 3.63) is 64.2 Å². The first-order valence-electron chi connectivity index (χ1n) is 7.46. The average molecular weight is 367 g/mol. The normalized spacial score (nSPS) is 11.3. The Morgan fingerprint density at radius 2 is 1.79 bits per heavy atom. The van der Waals surface area contributed by atoms with Crippen LogP contribution in [0.25, 0.3) is 0 Å². The van der Waals surface area contributed by atoms with Gasteiger partial charge in [0.25, 0.3) is 5.91 Å². The Bertz CT molecular complexity index is 833. The standard InChI is InChI=1S/C17H19ClN2O3S/c1-3-19-17(21)16-10-15(9-4-12(16)2)24(22,23)20-11-13-5-7-14(18)8-6-13/h4-10,20H,3,11H2,1-2H3,(H,19,21). The van der Waals surface area contributed by atoms with Crippen LogP contribution in [-0.4, -0.2) is 20.9 Å². The summed E-state index contributed by atoms with van der Waals surface area (Å²) in [5.74, 6) is -0.287. The third-order valence-corrected chi connectivity index (χ3v) is 5.13. The molecule has 7 heteroatoms. The summed E-state index contributed by atoms with van der Waals surface area (Å²) in [6, 6.07) is 11.4. The van der Waals surface area contributed by atoms with Crippen molar-refractivity contribution in [3.63, 3.8) is 0 Å². The number of halogens is 1. The van der Waals surface area contributed by atoms with E-state index in [2.05, 4.69) is 10.0 Å². The molecule has 0 spiro atoms. The Hall–Kier alpha value is -1.89. The largest absolute Gasteiger partial charge is 0.352 e. The molecule has 2 rings (SSSR count). The molecule has 1 amide bonds. The molecule has 0 aliphatic heterocycles. The van der Waals surface area contributed by atoms with Crippen molar-refractivity contribution in [1.29, 1.82) is 0 Å². The zero-order valence-electron chi connectivity index (χ0n) is 13.5. The molecule has 24 heavy (non-hydrogen) atoms. The quantitative estimate of drug-likeness (QED) is 0.825. The minimum atomic E-state index is -3.72. The number of benzene rings is 2. The van der Waals surface area contributed by atoms with Crippen molar-refractivity contribution in [3.8, 4) is 0 Å². The monoisotopic (exact) mass is 366 g/mol. The highest BCUT2D eigenvalue weighted by atomic mass is 35.5. The third-order valence-electron chi connectivity index (χ3n) is 3.48. The number of amides is 1. The van der Waals surface area contributed by atoms with Gasteiger partial charge in [0.2, 0.25) is 10.0 Å². The van der Waals surface area contributed by atoms with E-state index < -0.39 is 10.0 Å². The van der Waals surface area contributed by atoms with Crippen molar-refractivity contribution in [2.75, 3.05) is 6.54 Å². The first kappa shape index (κ1) is 18.4. The van der Waals surface area contributed by atoms with Crippen LogP contribution in [0.5, 0.6) is 0 Å². The predicted octanol–water partition coefficient (Wildman–Crippen LogP) is 2.88. The Kier molecular flexibility index (Phi) is 5.99. The summed E-state index contributed by atoms with van der Waals surface area (Å²) in [6.45, 7) is 4.19. The van der Waals surface area contributed by atoms with Gasteiger partial charge in [0.15, 0.2) is 0 Å². The number of hydrogen-bond donors (Lipinski definition) is 2. The lowest BCUT2D eigenvalue weighted by atomic mass is 10.1. The third kappa shape index (κ3) is 4.56. The molecule has 0 bridgehead atoms. The van der Waals surface area contributed by atoms with Gasteiger partial charge < -0.3 is 5.32 Å². The first-order chi connectivity index (χ1) is 11.3. The van der Waals surface area contributed by atoms with Gasteiger partial charge in [0.1, 0.15) is 0 Å². The van der Waals surface area contributed by atoms with Crippen molar-refractivity contribution in [2.45, 2.75) is 25.3 Å². The molecule has 0 unspecified atom stereocenters. The van der Waals surface area contributed by atoms with Crippen LogP contribution in [0, 0.1) is 6.92 Å². The molecule has 0 aliphatic rings. The number of hydrogen-bond acceptors (Lipinski definition) is 3. The van der Waals surface area contributed by atoms with Gasteiger partial charge >= 0.3 is 0 Å². The van der Waals surface area contributed by atoms with Gasteiger partial charge in [-0.3, -0.25) is 4.79 Å². The summed E-state index contributed by atoms with van der Waals surface area (Å²) in [5, 5.41) is 3.27. The molecule has 0 aliphatic carbocycles. The zero-order valence-corrected chi connectivity index (χ0v) is 15.0. The maximum absolute atomic E-state index is 12.4. The number of rotatable bonds is 6. The number of carbonyl (C=O) groups excluding carboxylic acids is 1. The van der Waals surface area contributed by atoms with Gasteiger partial charge in [0.05, 0.1) is 4.90 Å². The fourth-order valence-corrected chi connectivity index (χ4v) is 3.30. The highest BCUT2D eigenvalue weighted by molar-refractivity contribution is 7.89. The second-order valence-corrected chi connectivity index (χ2v) is 7.49. The van der Waals surface area contributed by atoms with Crippen LogP contribution in [-0.2, 0) is 16.6 Å². The molecule has 0 radical (unpaired) electrons. The molecule has 0 saturated heterocycles. The van der Waals surface area contributed by atoms with Crippen LogP contribution >= 0.6 is 11.6 Å². The van der Waals surface area contributed by atoms with E-state index in [9.17, 15) is 13.2 Å². The molecular weight excluding hydrogens is 348 g/mol. The topological polar surface area (TPSA) is 75.3 Å². The van der Waals surface area contributed by atoms with Gasteiger partial charge in [-0.2, -0.15) is 0 Å².